The number of halogens is 1. The molecular weight excluding hydrogens is 292 g/mol. The summed E-state index contributed by atoms with van der Waals surface area (Å²) >= 11 is 7.99. The quantitative estimate of drug-likeness (QED) is 0.692. The Kier molecular flexibility index (Phi) is 3.48. The van der Waals surface area contributed by atoms with Gasteiger partial charge in [-0.1, -0.05) is 18.5 Å². The molecule has 0 saturated carbocycles. The summed E-state index contributed by atoms with van der Waals surface area (Å²) in [4.78, 5) is 15.6. The maximum absolute atomic E-state index is 6.33. The number of aromatic nitrogens is 4. The lowest BCUT2D eigenvalue weighted by atomic mass is 10.2. The molecule has 0 atom stereocenters. The van der Waals surface area contributed by atoms with E-state index in [1.807, 2.05) is 6.20 Å². The van der Waals surface area contributed by atoms with Crippen molar-refractivity contribution in [3.63, 3.8) is 0 Å². The lowest BCUT2D eigenvalue weighted by molar-refractivity contribution is 0.700. The lowest BCUT2D eigenvalue weighted by Gasteiger charge is -2.06. The van der Waals surface area contributed by atoms with Crippen molar-refractivity contribution in [1.82, 2.24) is 19.5 Å². The molecule has 20 heavy (non-hydrogen) atoms. The molecule has 3 heterocycles. The second-order valence-corrected chi connectivity index (χ2v) is 6.28. The SMILES string of the molecule is CCc1nccn1Cc1nc(Cl)c2c(C)c(C)sc2n1. The van der Waals surface area contributed by atoms with Gasteiger partial charge in [0.2, 0.25) is 0 Å². The van der Waals surface area contributed by atoms with E-state index < -0.39 is 0 Å². The highest BCUT2D eigenvalue weighted by atomic mass is 35.5. The summed E-state index contributed by atoms with van der Waals surface area (Å²) in [7, 11) is 0. The normalized spacial score (nSPS) is 11.4. The first-order chi connectivity index (χ1) is 9.60. The molecule has 0 spiro atoms. The number of hydrogen-bond donors (Lipinski definition) is 0. The molecule has 0 aliphatic rings. The third kappa shape index (κ3) is 2.21. The Morgan fingerprint density at radius 1 is 1.30 bits per heavy atom. The number of fused-ring (bicyclic) bond motifs is 1. The molecule has 3 aromatic heterocycles. The zero-order valence-corrected chi connectivity index (χ0v) is 13.2. The Morgan fingerprint density at radius 3 is 2.85 bits per heavy atom. The fourth-order valence-electron chi connectivity index (χ4n) is 2.26. The molecule has 0 aliphatic heterocycles. The standard InChI is InChI=1S/C14H15ClN4S/c1-4-11-16-5-6-19(11)7-10-17-13(15)12-8(2)9(3)20-14(12)18-10/h5-6H,4,7H2,1-3H3. The minimum absolute atomic E-state index is 0.546. The van der Waals surface area contributed by atoms with Gasteiger partial charge in [0.1, 0.15) is 15.8 Å². The van der Waals surface area contributed by atoms with Crippen LogP contribution >= 0.6 is 22.9 Å². The van der Waals surface area contributed by atoms with Gasteiger partial charge in [0.15, 0.2) is 5.82 Å². The molecule has 6 heteroatoms. The van der Waals surface area contributed by atoms with Crippen LogP contribution in [0.4, 0.5) is 0 Å². The number of nitrogens with zero attached hydrogens (tertiary/aromatic N) is 4. The summed E-state index contributed by atoms with van der Waals surface area (Å²) in [5.41, 5.74) is 1.18. The first-order valence-corrected chi connectivity index (χ1v) is 7.71. The molecule has 0 amide bonds. The van der Waals surface area contributed by atoms with E-state index in [4.69, 9.17) is 11.6 Å². The largest absolute Gasteiger partial charge is 0.327 e. The van der Waals surface area contributed by atoms with Gasteiger partial charge in [-0.2, -0.15) is 0 Å². The van der Waals surface area contributed by atoms with Crippen LogP contribution in [-0.2, 0) is 13.0 Å². The summed E-state index contributed by atoms with van der Waals surface area (Å²) in [6.45, 7) is 6.84. The van der Waals surface area contributed by atoms with Gasteiger partial charge in [0, 0.05) is 23.7 Å². The molecular formula is C14H15ClN4S. The van der Waals surface area contributed by atoms with Crippen molar-refractivity contribution in [1.29, 1.82) is 0 Å². The molecule has 0 saturated heterocycles. The average Bonchev–Trinajstić information content (AvgIpc) is 2.95. The molecule has 0 aromatic carbocycles. The van der Waals surface area contributed by atoms with Crippen LogP contribution in [0.2, 0.25) is 5.15 Å². The van der Waals surface area contributed by atoms with Crippen LogP contribution in [0.25, 0.3) is 10.2 Å². The molecule has 0 unspecified atom stereocenters. The Morgan fingerprint density at radius 2 is 2.10 bits per heavy atom. The third-order valence-electron chi connectivity index (χ3n) is 3.46. The van der Waals surface area contributed by atoms with E-state index in [0.29, 0.717) is 11.7 Å². The maximum Gasteiger partial charge on any atom is 0.151 e. The summed E-state index contributed by atoms with van der Waals surface area (Å²) in [6, 6.07) is 0. The lowest BCUT2D eigenvalue weighted by Crippen LogP contribution is -2.07. The maximum atomic E-state index is 6.33. The molecule has 3 aromatic rings. The first kappa shape index (κ1) is 13.5. The van der Waals surface area contributed by atoms with Crippen molar-refractivity contribution in [3.05, 3.63) is 39.6 Å². The van der Waals surface area contributed by atoms with Crippen LogP contribution in [0.3, 0.4) is 0 Å². The van der Waals surface area contributed by atoms with E-state index in [-0.39, 0.29) is 0 Å². The zero-order valence-electron chi connectivity index (χ0n) is 11.6. The summed E-state index contributed by atoms with van der Waals surface area (Å²) < 4.78 is 2.06. The van der Waals surface area contributed by atoms with Gasteiger partial charge >= 0.3 is 0 Å². The van der Waals surface area contributed by atoms with Crippen LogP contribution < -0.4 is 0 Å². The number of aryl methyl sites for hydroxylation is 3. The van der Waals surface area contributed by atoms with E-state index in [1.165, 1.54) is 10.4 Å². The zero-order chi connectivity index (χ0) is 14.3. The van der Waals surface area contributed by atoms with E-state index in [0.717, 1.165) is 28.3 Å². The highest BCUT2D eigenvalue weighted by Crippen LogP contribution is 2.32. The van der Waals surface area contributed by atoms with E-state index >= 15 is 0 Å². The number of rotatable bonds is 3. The van der Waals surface area contributed by atoms with Gasteiger partial charge < -0.3 is 4.57 Å². The first-order valence-electron chi connectivity index (χ1n) is 6.52. The van der Waals surface area contributed by atoms with Crippen LogP contribution in [0.1, 0.15) is 29.0 Å². The fraction of sp³-hybridized carbons (Fsp3) is 0.357. The van der Waals surface area contributed by atoms with Crippen molar-refractivity contribution in [2.24, 2.45) is 0 Å². The second-order valence-electron chi connectivity index (χ2n) is 4.72. The second kappa shape index (κ2) is 5.14. The average molecular weight is 307 g/mol. The van der Waals surface area contributed by atoms with Crippen molar-refractivity contribution in [2.75, 3.05) is 0 Å². The minimum atomic E-state index is 0.546. The Labute approximate surface area is 126 Å². The van der Waals surface area contributed by atoms with Gasteiger partial charge in [-0.25, -0.2) is 15.0 Å². The van der Waals surface area contributed by atoms with Crippen molar-refractivity contribution >= 4 is 33.2 Å². The van der Waals surface area contributed by atoms with Crippen LogP contribution in [0.15, 0.2) is 12.4 Å². The van der Waals surface area contributed by atoms with Crippen LogP contribution in [0.5, 0.6) is 0 Å². The van der Waals surface area contributed by atoms with Crippen molar-refractivity contribution < 1.29 is 0 Å². The van der Waals surface area contributed by atoms with E-state index in [9.17, 15) is 0 Å². The number of hydrogen-bond acceptors (Lipinski definition) is 4. The molecule has 0 fully saturated rings. The van der Waals surface area contributed by atoms with Crippen LogP contribution in [0, 0.1) is 13.8 Å². The molecule has 4 nitrogen and oxygen atoms in total. The minimum Gasteiger partial charge on any atom is -0.327 e. The van der Waals surface area contributed by atoms with Crippen molar-refractivity contribution in [3.8, 4) is 0 Å². The summed E-state index contributed by atoms with van der Waals surface area (Å²) in [5, 5.41) is 1.53. The highest BCUT2D eigenvalue weighted by molar-refractivity contribution is 7.18. The topological polar surface area (TPSA) is 43.6 Å². The Hall–Kier alpha value is -1.46. The number of thiophene rings is 1. The van der Waals surface area contributed by atoms with Gasteiger partial charge in [-0.3, -0.25) is 0 Å². The van der Waals surface area contributed by atoms with E-state index in [2.05, 4.69) is 40.3 Å². The van der Waals surface area contributed by atoms with Crippen molar-refractivity contribution in [2.45, 2.75) is 33.7 Å². The van der Waals surface area contributed by atoms with Gasteiger partial charge in [0.25, 0.3) is 0 Å². The predicted molar refractivity (Wildman–Crippen MR) is 82.6 cm³/mol. The Balaban J connectivity index is 2.05. The third-order valence-corrected chi connectivity index (χ3v) is 4.84. The van der Waals surface area contributed by atoms with Gasteiger partial charge in [0.05, 0.1) is 11.9 Å². The summed E-state index contributed by atoms with van der Waals surface area (Å²) in [6.07, 6.45) is 4.64. The molecule has 0 bridgehead atoms. The van der Waals surface area contributed by atoms with Gasteiger partial charge in [-0.05, 0) is 19.4 Å². The monoisotopic (exact) mass is 306 g/mol. The van der Waals surface area contributed by atoms with E-state index in [1.54, 1.807) is 17.5 Å². The van der Waals surface area contributed by atoms with Gasteiger partial charge in [-0.15, -0.1) is 11.3 Å². The molecule has 3 rings (SSSR count). The number of imidazole rings is 1. The summed E-state index contributed by atoms with van der Waals surface area (Å²) in [5.74, 6) is 1.76. The Bertz CT molecular complexity index is 775. The molecule has 104 valence electrons. The van der Waals surface area contributed by atoms with Crippen LogP contribution in [-0.4, -0.2) is 19.5 Å². The smallest absolute Gasteiger partial charge is 0.151 e. The molecule has 0 aliphatic carbocycles. The molecule has 0 radical (unpaired) electrons. The fourth-order valence-corrected chi connectivity index (χ4v) is 3.70. The predicted octanol–water partition coefficient (Wildman–Crippen LogP) is 3.77. The highest BCUT2D eigenvalue weighted by Gasteiger charge is 2.13. The molecule has 0 N–H and O–H groups in total.